The van der Waals surface area contributed by atoms with Gasteiger partial charge in [-0.1, -0.05) is 6.42 Å². The van der Waals surface area contributed by atoms with Crippen molar-refractivity contribution in [3.8, 4) is 0 Å². The third-order valence-electron chi connectivity index (χ3n) is 5.51. The highest BCUT2D eigenvalue weighted by atomic mass is 32.2. The van der Waals surface area contributed by atoms with Gasteiger partial charge in [-0.2, -0.15) is 4.31 Å². The number of anilines is 1. The van der Waals surface area contributed by atoms with E-state index in [2.05, 4.69) is 10.6 Å². The first-order valence-corrected chi connectivity index (χ1v) is 11.6. The van der Waals surface area contributed by atoms with E-state index in [4.69, 9.17) is 4.74 Å². The fraction of sp³-hybridized carbons (Fsp3) is 0.650. The van der Waals surface area contributed by atoms with Gasteiger partial charge in [0.1, 0.15) is 0 Å². The van der Waals surface area contributed by atoms with Crippen molar-refractivity contribution in [2.45, 2.75) is 69.0 Å². The fourth-order valence-corrected chi connectivity index (χ4v) is 5.94. The molecule has 2 aliphatic heterocycles. The van der Waals surface area contributed by atoms with Crippen molar-refractivity contribution in [2.24, 2.45) is 0 Å². The maximum atomic E-state index is 13.0. The number of nitrogens with one attached hydrogen (secondary N) is 2. The topological polar surface area (TPSA) is 87.7 Å². The maximum absolute atomic E-state index is 13.0. The third kappa shape index (κ3) is 5.11. The summed E-state index contributed by atoms with van der Waals surface area (Å²) in [6.07, 6.45) is 5.12. The second-order valence-corrected chi connectivity index (χ2v) is 9.65. The van der Waals surface area contributed by atoms with Crippen LogP contribution >= 0.6 is 0 Å². The van der Waals surface area contributed by atoms with Crippen LogP contribution in [0.4, 0.5) is 5.69 Å². The molecule has 1 aromatic carbocycles. The van der Waals surface area contributed by atoms with Crippen LogP contribution < -0.4 is 10.6 Å². The van der Waals surface area contributed by atoms with Gasteiger partial charge in [-0.05, 0) is 63.8 Å². The molecule has 8 heteroatoms. The molecular weight excluding hydrogens is 378 g/mol. The summed E-state index contributed by atoms with van der Waals surface area (Å²) in [6.45, 7) is 5.58. The minimum atomic E-state index is -3.53. The van der Waals surface area contributed by atoms with Gasteiger partial charge in [-0.3, -0.25) is 4.79 Å². The predicted octanol–water partition coefficient (Wildman–Crippen LogP) is 2.35. The Kier molecular flexibility index (Phi) is 7.09. The molecule has 2 aliphatic rings. The van der Waals surface area contributed by atoms with Crippen LogP contribution in [0.3, 0.4) is 0 Å². The number of rotatable bonds is 7. The number of piperidine rings is 1. The highest BCUT2D eigenvalue weighted by molar-refractivity contribution is 7.89. The zero-order chi connectivity index (χ0) is 20.1. The van der Waals surface area contributed by atoms with Crippen LogP contribution in [0, 0.1) is 0 Å². The minimum absolute atomic E-state index is 0.00282. The molecule has 3 rings (SSSR count). The molecule has 0 spiro atoms. The Morgan fingerprint density at radius 3 is 2.39 bits per heavy atom. The Bertz CT molecular complexity index is 750. The van der Waals surface area contributed by atoms with Crippen molar-refractivity contribution in [1.29, 1.82) is 0 Å². The normalized spacial score (nSPS) is 26.3. The minimum Gasteiger partial charge on any atom is -0.377 e. The lowest BCUT2D eigenvalue weighted by Crippen LogP contribution is -2.47. The zero-order valence-corrected chi connectivity index (χ0v) is 17.5. The number of benzene rings is 1. The molecule has 3 atom stereocenters. The average Bonchev–Trinajstić information content (AvgIpc) is 3.15. The molecule has 1 aromatic rings. The van der Waals surface area contributed by atoms with Gasteiger partial charge in [0.15, 0.2) is 0 Å². The Balaban J connectivity index is 1.55. The Hall–Kier alpha value is -1.48. The van der Waals surface area contributed by atoms with E-state index in [9.17, 15) is 13.2 Å². The molecule has 2 heterocycles. The van der Waals surface area contributed by atoms with Gasteiger partial charge in [0.05, 0.1) is 17.5 Å². The van der Waals surface area contributed by atoms with Crippen molar-refractivity contribution in [3.63, 3.8) is 0 Å². The Labute approximate surface area is 167 Å². The Morgan fingerprint density at radius 2 is 1.79 bits per heavy atom. The summed E-state index contributed by atoms with van der Waals surface area (Å²) in [5.41, 5.74) is 0.586. The predicted molar refractivity (Wildman–Crippen MR) is 109 cm³/mol. The molecule has 2 fully saturated rings. The van der Waals surface area contributed by atoms with Gasteiger partial charge in [0.2, 0.25) is 15.9 Å². The van der Waals surface area contributed by atoms with Gasteiger partial charge >= 0.3 is 0 Å². The summed E-state index contributed by atoms with van der Waals surface area (Å²) in [6, 6.07) is 6.43. The second-order valence-electron chi connectivity index (χ2n) is 7.80. The lowest BCUT2D eigenvalue weighted by molar-refractivity contribution is -0.115. The van der Waals surface area contributed by atoms with Crippen molar-refractivity contribution in [2.75, 3.05) is 25.0 Å². The van der Waals surface area contributed by atoms with Crippen LogP contribution in [-0.4, -0.2) is 56.5 Å². The number of ether oxygens (including phenoxy) is 1. The SMILES string of the molecule is C[C@@H]1CCC[C@H](C)N1S(=O)(=O)c1ccc(NC(=O)CNC[C@@H]2CCCO2)cc1. The molecule has 0 aliphatic carbocycles. The van der Waals surface area contributed by atoms with Crippen molar-refractivity contribution >= 4 is 21.6 Å². The lowest BCUT2D eigenvalue weighted by Gasteiger charge is -2.37. The molecule has 28 heavy (non-hydrogen) atoms. The number of sulfonamides is 1. The summed E-state index contributed by atoms with van der Waals surface area (Å²) in [5, 5.41) is 5.89. The largest absolute Gasteiger partial charge is 0.377 e. The van der Waals surface area contributed by atoms with Crippen LogP contribution in [0.25, 0.3) is 0 Å². The van der Waals surface area contributed by atoms with Crippen molar-refractivity contribution in [1.82, 2.24) is 9.62 Å². The smallest absolute Gasteiger partial charge is 0.243 e. The van der Waals surface area contributed by atoms with Crippen molar-refractivity contribution in [3.05, 3.63) is 24.3 Å². The van der Waals surface area contributed by atoms with Gasteiger partial charge in [0, 0.05) is 30.9 Å². The Morgan fingerprint density at radius 1 is 1.11 bits per heavy atom. The number of hydrogen-bond donors (Lipinski definition) is 2. The molecule has 0 radical (unpaired) electrons. The number of nitrogens with zero attached hydrogens (tertiary/aromatic N) is 1. The van der Waals surface area contributed by atoms with Gasteiger partial charge in [0.25, 0.3) is 0 Å². The first-order valence-electron chi connectivity index (χ1n) is 10.1. The summed E-state index contributed by atoms with van der Waals surface area (Å²) in [5.74, 6) is -0.160. The number of carbonyl (C=O) groups excluding carboxylic acids is 1. The molecule has 1 amide bonds. The van der Waals surface area contributed by atoms with Crippen LogP contribution in [-0.2, 0) is 19.6 Å². The molecular formula is C20H31N3O4S. The quantitative estimate of drug-likeness (QED) is 0.722. The fourth-order valence-electron chi connectivity index (χ4n) is 4.06. The van der Waals surface area contributed by atoms with Gasteiger partial charge in [-0.15, -0.1) is 0 Å². The first kappa shape index (κ1) is 21.2. The van der Waals surface area contributed by atoms with Crippen molar-refractivity contribution < 1.29 is 17.9 Å². The first-order chi connectivity index (χ1) is 13.4. The maximum Gasteiger partial charge on any atom is 0.243 e. The molecule has 0 saturated carbocycles. The van der Waals surface area contributed by atoms with Crippen LogP contribution in [0.5, 0.6) is 0 Å². The average molecular weight is 410 g/mol. The molecule has 2 saturated heterocycles. The monoisotopic (exact) mass is 409 g/mol. The van der Waals surface area contributed by atoms with E-state index in [0.717, 1.165) is 38.7 Å². The molecule has 0 aromatic heterocycles. The summed E-state index contributed by atoms with van der Waals surface area (Å²) in [4.78, 5) is 12.3. The van der Waals surface area contributed by atoms with E-state index in [1.165, 1.54) is 0 Å². The lowest BCUT2D eigenvalue weighted by atomic mass is 10.0. The van der Waals surface area contributed by atoms with Crippen LogP contribution in [0.1, 0.15) is 46.0 Å². The van der Waals surface area contributed by atoms with E-state index in [1.807, 2.05) is 13.8 Å². The second kappa shape index (κ2) is 9.35. The van der Waals surface area contributed by atoms with E-state index < -0.39 is 10.0 Å². The van der Waals surface area contributed by atoms with E-state index in [1.54, 1.807) is 28.6 Å². The van der Waals surface area contributed by atoms with E-state index >= 15 is 0 Å². The number of hydrogen-bond acceptors (Lipinski definition) is 5. The molecule has 7 nitrogen and oxygen atoms in total. The molecule has 0 bridgehead atoms. The molecule has 2 N–H and O–H groups in total. The summed E-state index contributed by atoms with van der Waals surface area (Å²) < 4.78 is 33.2. The number of amides is 1. The van der Waals surface area contributed by atoms with Crippen LogP contribution in [0.2, 0.25) is 0 Å². The number of carbonyl (C=O) groups is 1. The van der Waals surface area contributed by atoms with Gasteiger partial charge in [-0.25, -0.2) is 8.42 Å². The summed E-state index contributed by atoms with van der Waals surface area (Å²) in [7, 11) is -3.53. The highest BCUT2D eigenvalue weighted by Crippen LogP contribution is 2.29. The summed E-state index contributed by atoms with van der Waals surface area (Å²) >= 11 is 0. The van der Waals surface area contributed by atoms with Crippen LogP contribution in [0.15, 0.2) is 29.2 Å². The zero-order valence-electron chi connectivity index (χ0n) is 16.7. The molecule has 0 unspecified atom stereocenters. The third-order valence-corrected chi connectivity index (χ3v) is 7.65. The van der Waals surface area contributed by atoms with E-state index in [-0.39, 0.29) is 35.5 Å². The standard InChI is InChI=1S/C20H31N3O4S/c1-15-5-3-6-16(2)23(15)28(25,26)19-10-8-17(9-11-19)22-20(24)14-21-13-18-7-4-12-27-18/h8-11,15-16,18,21H,3-7,12-14H2,1-2H3,(H,22,24)/t15-,16+,18-/m0/s1. The van der Waals surface area contributed by atoms with Gasteiger partial charge < -0.3 is 15.4 Å². The highest BCUT2D eigenvalue weighted by Gasteiger charge is 2.35. The van der Waals surface area contributed by atoms with E-state index in [0.29, 0.717) is 12.2 Å². The molecule has 156 valence electrons.